The molecule has 0 aliphatic carbocycles. The number of ether oxygens (including phenoxy) is 1. The molecule has 128 valence electrons. The van der Waals surface area contributed by atoms with E-state index >= 15 is 0 Å². The van der Waals surface area contributed by atoms with Crippen molar-refractivity contribution in [1.82, 2.24) is 0 Å². The topological polar surface area (TPSA) is 79.2 Å². The average molecular weight is 356 g/mol. The molecule has 25 heavy (non-hydrogen) atoms. The molecular formula is C18H17N2O4P. The molecule has 2 aromatic carbocycles. The van der Waals surface area contributed by atoms with Crippen LogP contribution in [0.3, 0.4) is 0 Å². The van der Waals surface area contributed by atoms with Crippen molar-refractivity contribution in [3.05, 3.63) is 72.0 Å². The second-order valence-electron chi connectivity index (χ2n) is 5.29. The molecule has 2 aromatic rings. The highest BCUT2D eigenvalue weighted by Gasteiger charge is 2.38. The van der Waals surface area contributed by atoms with Crippen LogP contribution in [0.25, 0.3) is 5.70 Å². The highest BCUT2D eigenvalue weighted by atomic mass is 31.2. The Morgan fingerprint density at radius 2 is 1.72 bits per heavy atom. The number of hydrazone groups is 1. The quantitative estimate of drug-likeness (QED) is 0.668. The van der Waals surface area contributed by atoms with Gasteiger partial charge in [0.1, 0.15) is 0 Å². The van der Waals surface area contributed by atoms with Crippen molar-refractivity contribution in [2.45, 2.75) is 6.92 Å². The Balaban J connectivity index is 2.14. The maximum Gasteiger partial charge on any atom is 0.365 e. The van der Waals surface area contributed by atoms with Gasteiger partial charge in [-0.25, -0.2) is 9.80 Å². The Labute approximate surface area is 145 Å². The van der Waals surface area contributed by atoms with E-state index < -0.39 is 18.8 Å². The molecule has 0 aromatic heterocycles. The van der Waals surface area contributed by atoms with Crippen molar-refractivity contribution in [2.24, 2.45) is 5.10 Å². The molecule has 1 aliphatic rings. The van der Waals surface area contributed by atoms with E-state index in [4.69, 9.17) is 4.74 Å². The molecule has 6 nitrogen and oxygen atoms in total. The minimum atomic E-state index is -4.09. The van der Waals surface area contributed by atoms with Crippen LogP contribution >= 0.6 is 7.37 Å². The third kappa shape index (κ3) is 3.55. The second kappa shape index (κ2) is 7.05. The van der Waals surface area contributed by atoms with Crippen molar-refractivity contribution in [3.63, 3.8) is 0 Å². The number of esters is 1. The van der Waals surface area contributed by atoms with Crippen LogP contribution in [-0.4, -0.2) is 22.9 Å². The van der Waals surface area contributed by atoms with Crippen molar-refractivity contribution in [2.75, 3.05) is 11.6 Å². The first-order valence-electron chi connectivity index (χ1n) is 7.75. The third-order valence-electron chi connectivity index (χ3n) is 3.55. The van der Waals surface area contributed by atoms with Gasteiger partial charge >= 0.3 is 5.97 Å². The number of hydrogen-bond donors (Lipinski definition) is 1. The first-order valence-corrected chi connectivity index (χ1v) is 9.48. The van der Waals surface area contributed by atoms with Gasteiger partial charge in [0.25, 0.3) is 7.37 Å². The summed E-state index contributed by atoms with van der Waals surface area (Å²) in [6.45, 7) is 1.72. The molecule has 1 heterocycles. The number of anilines is 1. The maximum absolute atomic E-state index is 12.7. The third-order valence-corrected chi connectivity index (χ3v) is 5.03. The summed E-state index contributed by atoms with van der Waals surface area (Å²) < 4.78 is 17.5. The first kappa shape index (κ1) is 17.1. The molecule has 1 N–H and O–H groups in total. The Kier molecular flexibility index (Phi) is 4.83. The van der Waals surface area contributed by atoms with Crippen LogP contribution in [0.5, 0.6) is 0 Å². The van der Waals surface area contributed by atoms with E-state index in [0.717, 1.165) is 0 Å². The number of nitrogens with zero attached hydrogens (tertiary/aromatic N) is 2. The fourth-order valence-electron chi connectivity index (χ4n) is 2.43. The van der Waals surface area contributed by atoms with Crippen LogP contribution in [0.15, 0.2) is 71.6 Å². The molecule has 1 unspecified atom stereocenters. The van der Waals surface area contributed by atoms with Crippen LogP contribution in [0, 0.1) is 0 Å². The van der Waals surface area contributed by atoms with Gasteiger partial charge in [0, 0.05) is 11.4 Å². The molecule has 0 saturated heterocycles. The van der Waals surface area contributed by atoms with Gasteiger partial charge in [0.05, 0.1) is 18.0 Å². The summed E-state index contributed by atoms with van der Waals surface area (Å²) in [6, 6.07) is 18.2. The SMILES string of the molecule is CCOC(=O)C1=NN(c2ccccc2)C(c2ccccc2)=CP1(=O)O. The largest absolute Gasteiger partial charge is 0.461 e. The highest BCUT2D eigenvalue weighted by Crippen LogP contribution is 2.51. The van der Waals surface area contributed by atoms with Gasteiger partial charge in [0.15, 0.2) is 0 Å². The van der Waals surface area contributed by atoms with Gasteiger partial charge in [-0.05, 0) is 19.1 Å². The molecule has 1 atom stereocenters. The smallest absolute Gasteiger partial charge is 0.365 e. The molecule has 0 bridgehead atoms. The molecule has 1 aliphatic heterocycles. The number of rotatable bonds is 4. The van der Waals surface area contributed by atoms with Crippen LogP contribution < -0.4 is 5.01 Å². The average Bonchev–Trinajstić information content (AvgIpc) is 2.62. The van der Waals surface area contributed by atoms with E-state index in [1.54, 1.807) is 19.1 Å². The summed E-state index contributed by atoms with van der Waals surface area (Å²) in [4.78, 5) is 22.4. The maximum atomic E-state index is 12.7. The molecule has 0 spiro atoms. The molecule has 0 radical (unpaired) electrons. The summed E-state index contributed by atoms with van der Waals surface area (Å²) in [5.41, 5.74) is 1.33. The van der Waals surface area contributed by atoms with Crippen LogP contribution in [0.4, 0.5) is 5.69 Å². The highest BCUT2D eigenvalue weighted by molar-refractivity contribution is 7.81. The zero-order valence-electron chi connectivity index (χ0n) is 13.6. The predicted octanol–water partition coefficient (Wildman–Crippen LogP) is 3.65. The second-order valence-corrected chi connectivity index (χ2v) is 7.22. The minimum Gasteiger partial charge on any atom is -0.461 e. The van der Waals surface area contributed by atoms with E-state index in [1.807, 2.05) is 48.5 Å². The van der Waals surface area contributed by atoms with Crippen molar-refractivity contribution in [3.8, 4) is 0 Å². The number of benzene rings is 2. The van der Waals surface area contributed by atoms with Crippen molar-refractivity contribution >= 4 is 30.2 Å². The van der Waals surface area contributed by atoms with Crippen molar-refractivity contribution in [1.29, 1.82) is 0 Å². The summed E-state index contributed by atoms with van der Waals surface area (Å²) in [5.74, 6) is 0.298. The fourth-order valence-corrected chi connectivity index (χ4v) is 3.69. The molecule has 7 heteroatoms. The molecule has 0 fully saturated rings. The normalized spacial score (nSPS) is 19.8. The van der Waals surface area contributed by atoms with Gasteiger partial charge in [-0.3, -0.25) is 4.57 Å². The number of carbonyl (C=O) groups is 1. The monoisotopic (exact) mass is 356 g/mol. The van der Waals surface area contributed by atoms with Gasteiger partial charge in [0.2, 0.25) is 5.45 Å². The fraction of sp³-hybridized carbons (Fsp3) is 0.111. The Bertz CT molecular complexity index is 878. The number of hydrogen-bond acceptors (Lipinski definition) is 5. The zero-order chi connectivity index (χ0) is 17.9. The standard InChI is InChI=1S/C18H17N2O4P/c1-2-24-18(21)17-19-20(15-11-7-4-8-12-15)16(13-25(17,22)23)14-9-5-3-6-10-14/h3-13H,2H2,1H3,(H,22,23). The van der Waals surface area contributed by atoms with E-state index in [1.165, 1.54) is 10.8 Å². The molecular weight excluding hydrogens is 339 g/mol. The van der Waals surface area contributed by atoms with Crippen LogP contribution in [0.2, 0.25) is 0 Å². The lowest BCUT2D eigenvalue weighted by molar-refractivity contribution is -0.134. The number of para-hydroxylation sites is 1. The lowest BCUT2D eigenvalue weighted by Crippen LogP contribution is -2.27. The summed E-state index contributed by atoms with van der Waals surface area (Å²) in [6.07, 6.45) is 0. The minimum absolute atomic E-state index is 0.0957. The lowest BCUT2D eigenvalue weighted by Gasteiger charge is -2.28. The van der Waals surface area contributed by atoms with Crippen LogP contribution in [0.1, 0.15) is 12.5 Å². The van der Waals surface area contributed by atoms with E-state index in [2.05, 4.69) is 5.10 Å². The van der Waals surface area contributed by atoms with Gasteiger partial charge in [-0.15, -0.1) is 0 Å². The number of carbonyl (C=O) groups excluding carboxylic acids is 1. The van der Waals surface area contributed by atoms with Gasteiger partial charge in [-0.1, -0.05) is 48.5 Å². The molecule has 0 amide bonds. The summed E-state index contributed by atoms with van der Waals surface area (Å²) >= 11 is 0. The Morgan fingerprint density at radius 1 is 1.12 bits per heavy atom. The Morgan fingerprint density at radius 3 is 2.32 bits per heavy atom. The molecule has 3 rings (SSSR count). The predicted molar refractivity (Wildman–Crippen MR) is 97.2 cm³/mol. The Hall–Kier alpha value is -2.69. The molecule has 0 saturated carbocycles. The van der Waals surface area contributed by atoms with E-state index in [-0.39, 0.29) is 6.61 Å². The van der Waals surface area contributed by atoms with Crippen LogP contribution in [-0.2, 0) is 14.1 Å². The van der Waals surface area contributed by atoms with E-state index in [0.29, 0.717) is 16.9 Å². The van der Waals surface area contributed by atoms with Crippen molar-refractivity contribution < 1.29 is 19.0 Å². The zero-order valence-corrected chi connectivity index (χ0v) is 14.5. The summed E-state index contributed by atoms with van der Waals surface area (Å²) in [7, 11) is -4.09. The van der Waals surface area contributed by atoms with Gasteiger partial charge < -0.3 is 9.63 Å². The van der Waals surface area contributed by atoms with Gasteiger partial charge in [-0.2, -0.15) is 5.10 Å². The van der Waals surface area contributed by atoms with E-state index in [9.17, 15) is 14.3 Å². The lowest BCUT2D eigenvalue weighted by atomic mass is 10.1. The summed E-state index contributed by atoms with van der Waals surface area (Å²) in [5, 5.41) is 5.66. The first-order chi connectivity index (χ1) is 12.0.